The number of carbonyl (C=O) groups excluding carboxylic acids is 1. The van der Waals surface area contributed by atoms with Gasteiger partial charge in [0.1, 0.15) is 5.60 Å². The summed E-state index contributed by atoms with van der Waals surface area (Å²) in [6, 6.07) is 0.169. The molecule has 4 aliphatic rings. The Hall–Kier alpha value is -1.03. The first-order valence-corrected chi connectivity index (χ1v) is 5.79. The third-order valence-electron chi connectivity index (χ3n) is 3.30. The third-order valence-corrected chi connectivity index (χ3v) is 3.30. The molecule has 4 rings (SSSR count). The number of rotatable bonds is 0. The van der Waals surface area contributed by atoms with Gasteiger partial charge in [-0.3, -0.25) is 4.90 Å². The Morgan fingerprint density at radius 1 is 1.56 bits per heavy atom. The minimum Gasteiger partial charge on any atom is -0.444 e. The fourth-order valence-electron chi connectivity index (χ4n) is 2.76. The van der Waals surface area contributed by atoms with Gasteiger partial charge in [-0.1, -0.05) is 6.08 Å². The molecule has 0 N–H and O–H groups in total. The van der Waals surface area contributed by atoms with Crippen LogP contribution in [0.15, 0.2) is 12.2 Å². The predicted octanol–water partition coefficient (Wildman–Crippen LogP) is 2.05. The molecule has 0 unspecified atom stereocenters. The summed E-state index contributed by atoms with van der Waals surface area (Å²) in [4.78, 5) is 13.8. The molecule has 4 heterocycles. The molecule has 0 saturated carbocycles. The zero-order chi connectivity index (χ0) is 11.6. The van der Waals surface area contributed by atoms with E-state index in [1.54, 1.807) is 4.90 Å². The largest absolute Gasteiger partial charge is 0.444 e. The van der Waals surface area contributed by atoms with Gasteiger partial charge in [0.2, 0.25) is 0 Å². The standard InChI is InChI=1S/C12H17NO3/c1-11(2,3)16-10(14)13-8-4-5-12(13)7-9(6-8)15-12/h4-5,8-9H,6-7H2,1-3H3/t8-,9+,12+/m1/s1. The topological polar surface area (TPSA) is 38.8 Å². The van der Waals surface area contributed by atoms with E-state index in [1.165, 1.54) is 0 Å². The molecule has 0 radical (unpaired) electrons. The van der Waals surface area contributed by atoms with Crippen LogP contribution in [0.2, 0.25) is 0 Å². The molecular weight excluding hydrogens is 206 g/mol. The third kappa shape index (κ3) is 1.29. The molecule has 0 aromatic heterocycles. The molecule has 4 nitrogen and oxygen atoms in total. The molecule has 3 saturated heterocycles. The number of piperidine rings is 1. The molecular formula is C12H17NO3. The highest BCUT2D eigenvalue weighted by Gasteiger charge is 2.61. The highest BCUT2D eigenvalue weighted by atomic mass is 16.6. The van der Waals surface area contributed by atoms with Gasteiger partial charge >= 0.3 is 6.09 Å². The van der Waals surface area contributed by atoms with Crippen LogP contribution in [0.3, 0.4) is 0 Å². The highest BCUT2D eigenvalue weighted by molar-refractivity contribution is 5.72. The summed E-state index contributed by atoms with van der Waals surface area (Å²) >= 11 is 0. The van der Waals surface area contributed by atoms with Crippen LogP contribution < -0.4 is 0 Å². The molecule has 1 spiro atoms. The van der Waals surface area contributed by atoms with Crippen molar-refractivity contribution in [3.63, 3.8) is 0 Å². The van der Waals surface area contributed by atoms with Crippen LogP contribution in [0.1, 0.15) is 33.6 Å². The van der Waals surface area contributed by atoms with Crippen molar-refractivity contribution in [3.8, 4) is 0 Å². The van der Waals surface area contributed by atoms with E-state index in [9.17, 15) is 4.79 Å². The Bertz CT molecular complexity index is 360. The average molecular weight is 223 g/mol. The SMILES string of the molecule is CC(C)(C)OC(=O)N1[C@@H]2C=C[C@]13C[C@H](C2)O3. The smallest absolute Gasteiger partial charge is 0.413 e. The molecule has 0 aromatic carbocycles. The molecule has 0 aliphatic carbocycles. The van der Waals surface area contributed by atoms with Gasteiger partial charge in [-0.25, -0.2) is 4.79 Å². The van der Waals surface area contributed by atoms with Gasteiger partial charge < -0.3 is 9.47 Å². The zero-order valence-corrected chi connectivity index (χ0v) is 9.90. The van der Waals surface area contributed by atoms with E-state index in [0.717, 1.165) is 12.8 Å². The summed E-state index contributed by atoms with van der Waals surface area (Å²) in [5.74, 6) is 0. The van der Waals surface area contributed by atoms with Crippen molar-refractivity contribution in [1.29, 1.82) is 0 Å². The summed E-state index contributed by atoms with van der Waals surface area (Å²) in [6.07, 6.45) is 5.96. The Balaban J connectivity index is 1.79. The van der Waals surface area contributed by atoms with Crippen molar-refractivity contribution < 1.29 is 14.3 Å². The molecule has 3 bridgehead atoms. The first-order valence-electron chi connectivity index (χ1n) is 5.79. The number of hydrogen-bond acceptors (Lipinski definition) is 3. The van der Waals surface area contributed by atoms with Crippen molar-refractivity contribution in [1.82, 2.24) is 4.90 Å². The van der Waals surface area contributed by atoms with E-state index in [4.69, 9.17) is 9.47 Å². The Morgan fingerprint density at radius 3 is 2.81 bits per heavy atom. The number of nitrogens with zero attached hydrogens (tertiary/aromatic N) is 1. The van der Waals surface area contributed by atoms with E-state index in [0.29, 0.717) is 6.10 Å². The average Bonchev–Trinajstić information content (AvgIpc) is 2.23. The summed E-state index contributed by atoms with van der Waals surface area (Å²) in [5, 5.41) is 0. The number of carbonyl (C=O) groups is 1. The van der Waals surface area contributed by atoms with E-state index in [2.05, 4.69) is 6.08 Å². The number of ether oxygens (including phenoxy) is 2. The lowest BCUT2D eigenvalue weighted by atomic mass is 9.90. The lowest BCUT2D eigenvalue weighted by Crippen LogP contribution is -2.68. The van der Waals surface area contributed by atoms with Gasteiger partial charge in [0.25, 0.3) is 0 Å². The Labute approximate surface area is 95.2 Å². The Morgan fingerprint density at radius 2 is 2.25 bits per heavy atom. The maximum atomic E-state index is 12.1. The molecule has 88 valence electrons. The van der Waals surface area contributed by atoms with Crippen molar-refractivity contribution in [3.05, 3.63) is 12.2 Å². The fourth-order valence-corrected chi connectivity index (χ4v) is 2.76. The van der Waals surface area contributed by atoms with Gasteiger partial charge in [0.15, 0.2) is 5.72 Å². The first kappa shape index (κ1) is 10.1. The molecule has 3 fully saturated rings. The van der Waals surface area contributed by atoms with Gasteiger partial charge in [-0.2, -0.15) is 0 Å². The summed E-state index contributed by atoms with van der Waals surface area (Å²) in [7, 11) is 0. The Kier molecular flexibility index (Phi) is 1.78. The lowest BCUT2D eigenvalue weighted by Gasteiger charge is -2.56. The molecule has 0 aromatic rings. The van der Waals surface area contributed by atoms with Crippen LogP contribution in [0.25, 0.3) is 0 Å². The quantitative estimate of drug-likeness (QED) is 0.590. The monoisotopic (exact) mass is 223 g/mol. The lowest BCUT2D eigenvalue weighted by molar-refractivity contribution is -0.276. The van der Waals surface area contributed by atoms with Crippen molar-refractivity contribution in [2.24, 2.45) is 0 Å². The van der Waals surface area contributed by atoms with Gasteiger partial charge in [0, 0.05) is 6.42 Å². The second-order valence-electron chi connectivity index (χ2n) is 5.80. The highest BCUT2D eigenvalue weighted by Crippen LogP contribution is 2.50. The summed E-state index contributed by atoms with van der Waals surface area (Å²) in [5.41, 5.74) is -0.927. The first-order chi connectivity index (χ1) is 7.40. The van der Waals surface area contributed by atoms with Crippen molar-refractivity contribution >= 4 is 6.09 Å². The maximum Gasteiger partial charge on any atom is 0.413 e. The van der Waals surface area contributed by atoms with Crippen LogP contribution >= 0.6 is 0 Å². The summed E-state index contributed by atoms with van der Waals surface area (Å²) in [6.45, 7) is 5.64. The predicted molar refractivity (Wildman–Crippen MR) is 57.8 cm³/mol. The maximum absolute atomic E-state index is 12.1. The minimum atomic E-state index is -0.476. The van der Waals surface area contributed by atoms with Crippen LogP contribution in [-0.2, 0) is 9.47 Å². The second-order valence-corrected chi connectivity index (χ2v) is 5.80. The van der Waals surface area contributed by atoms with Crippen LogP contribution in [0.4, 0.5) is 4.79 Å². The molecule has 4 aliphatic heterocycles. The van der Waals surface area contributed by atoms with Crippen LogP contribution in [0.5, 0.6) is 0 Å². The van der Waals surface area contributed by atoms with Gasteiger partial charge in [0.05, 0.1) is 12.1 Å². The zero-order valence-electron chi connectivity index (χ0n) is 9.90. The van der Waals surface area contributed by atoms with E-state index < -0.39 is 11.3 Å². The van der Waals surface area contributed by atoms with E-state index >= 15 is 0 Å². The normalized spacial score (nSPS) is 39.6. The fraction of sp³-hybridized carbons (Fsp3) is 0.750. The molecule has 4 heteroatoms. The van der Waals surface area contributed by atoms with E-state index in [-0.39, 0.29) is 12.1 Å². The van der Waals surface area contributed by atoms with Crippen LogP contribution in [0, 0.1) is 0 Å². The minimum absolute atomic E-state index is 0.169. The number of amides is 1. The van der Waals surface area contributed by atoms with Gasteiger partial charge in [-0.15, -0.1) is 0 Å². The van der Waals surface area contributed by atoms with Crippen molar-refractivity contribution in [2.75, 3.05) is 0 Å². The number of hydrogen-bond donors (Lipinski definition) is 0. The molecule has 3 atom stereocenters. The molecule has 16 heavy (non-hydrogen) atoms. The molecule has 1 amide bonds. The summed E-state index contributed by atoms with van der Waals surface area (Å²) < 4.78 is 11.2. The van der Waals surface area contributed by atoms with Crippen LogP contribution in [-0.4, -0.2) is 34.5 Å². The van der Waals surface area contributed by atoms with Crippen molar-refractivity contribution in [2.45, 2.75) is 57.1 Å². The second kappa shape index (κ2) is 2.80. The van der Waals surface area contributed by atoms with Gasteiger partial charge in [-0.05, 0) is 33.3 Å². The van der Waals surface area contributed by atoms with E-state index in [1.807, 2.05) is 26.8 Å².